The molecule has 2 aromatic carbocycles. The van der Waals surface area contributed by atoms with Crippen LogP contribution >= 0.6 is 15.9 Å². The lowest BCUT2D eigenvalue weighted by Gasteiger charge is -2.11. The number of halogens is 6. The van der Waals surface area contributed by atoms with E-state index in [0.29, 0.717) is 10.0 Å². The molecule has 0 aliphatic rings. The number of hydrogen-bond acceptors (Lipinski definition) is 1. The van der Waals surface area contributed by atoms with Crippen molar-refractivity contribution < 1.29 is 22.0 Å². The Morgan fingerprint density at radius 1 is 0.800 bits per heavy atom. The SMILES string of the molecule is Fc1c(F)c(F)c(NCc2ccccc2Br)c(F)c1F. The summed E-state index contributed by atoms with van der Waals surface area (Å²) in [6.07, 6.45) is 0. The molecule has 0 aromatic heterocycles. The zero-order chi connectivity index (χ0) is 14.9. The molecule has 0 saturated carbocycles. The molecule has 1 N–H and O–H groups in total. The minimum atomic E-state index is -2.17. The highest BCUT2D eigenvalue weighted by Crippen LogP contribution is 2.28. The predicted molar refractivity (Wildman–Crippen MR) is 67.7 cm³/mol. The minimum Gasteiger partial charge on any atom is -0.376 e. The fourth-order valence-electron chi connectivity index (χ4n) is 1.59. The summed E-state index contributed by atoms with van der Waals surface area (Å²) >= 11 is 3.21. The Balaban J connectivity index is 2.33. The topological polar surface area (TPSA) is 12.0 Å². The molecular weight excluding hydrogens is 345 g/mol. The van der Waals surface area contributed by atoms with Crippen LogP contribution in [-0.4, -0.2) is 0 Å². The van der Waals surface area contributed by atoms with Crippen LogP contribution in [0.1, 0.15) is 5.56 Å². The Bertz CT molecular complexity index is 630. The van der Waals surface area contributed by atoms with Crippen molar-refractivity contribution in [1.82, 2.24) is 0 Å². The molecule has 0 heterocycles. The summed E-state index contributed by atoms with van der Waals surface area (Å²) in [4.78, 5) is 0. The average molecular weight is 352 g/mol. The van der Waals surface area contributed by atoms with Gasteiger partial charge in [-0.25, -0.2) is 22.0 Å². The molecule has 0 atom stereocenters. The second-order valence-electron chi connectivity index (χ2n) is 3.89. The standard InChI is InChI=1S/C13H7BrF5N/c14-7-4-2-1-3-6(7)5-20-13-11(18)9(16)8(15)10(17)12(13)19/h1-4,20H,5H2. The maximum atomic E-state index is 13.4. The quantitative estimate of drug-likeness (QED) is 0.477. The lowest BCUT2D eigenvalue weighted by atomic mass is 10.2. The number of rotatable bonds is 3. The van der Waals surface area contributed by atoms with E-state index in [1.807, 2.05) is 0 Å². The Morgan fingerprint density at radius 2 is 1.30 bits per heavy atom. The molecule has 7 heteroatoms. The Morgan fingerprint density at radius 3 is 1.85 bits per heavy atom. The Labute approximate surface area is 119 Å². The Hall–Kier alpha value is -1.63. The van der Waals surface area contributed by atoms with Crippen LogP contribution in [0.2, 0.25) is 0 Å². The van der Waals surface area contributed by atoms with E-state index >= 15 is 0 Å². The van der Waals surface area contributed by atoms with E-state index in [9.17, 15) is 22.0 Å². The van der Waals surface area contributed by atoms with Crippen molar-refractivity contribution in [3.05, 3.63) is 63.4 Å². The van der Waals surface area contributed by atoms with Crippen molar-refractivity contribution in [2.24, 2.45) is 0 Å². The van der Waals surface area contributed by atoms with E-state index in [4.69, 9.17) is 0 Å². The number of hydrogen-bond donors (Lipinski definition) is 1. The molecule has 0 fully saturated rings. The molecule has 0 spiro atoms. The van der Waals surface area contributed by atoms with Crippen LogP contribution in [0.25, 0.3) is 0 Å². The van der Waals surface area contributed by atoms with E-state index in [2.05, 4.69) is 21.2 Å². The van der Waals surface area contributed by atoms with Crippen LogP contribution < -0.4 is 5.32 Å². The number of benzene rings is 2. The zero-order valence-electron chi connectivity index (χ0n) is 9.78. The second kappa shape index (κ2) is 5.78. The summed E-state index contributed by atoms with van der Waals surface area (Å²) in [5.74, 6) is -9.88. The molecular formula is C13H7BrF5N. The fourth-order valence-corrected chi connectivity index (χ4v) is 2.01. The van der Waals surface area contributed by atoms with E-state index in [1.165, 1.54) is 0 Å². The van der Waals surface area contributed by atoms with Gasteiger partial charge in [0, 0.05) is 11.0 Å². The summed E-state index contributed by atoms with van der Waals surface area (Å²) in [5, 5.41) is 2.22. The van der Waals surface area contributed by atoms with Crippen LogP contribution in [0.15, 0.2) is 28.7 Å². The van der Waals surface area contributed by atoms with Crippen molar-refractivity contribution in [1.29, 1.82) is 0 Å². The third kappa shape index (κ3) is 2.63. The van der Waals surface area contributed by atoms with Gasteiger partial charge in [-0.3, -0.25) is 0 Å². The van der Waals surface area contributed by atoms with Gasteiger partial charge < -0.3 is 5.32 Å². The smallest absolute Gasteiger partial charge is 0.200 e. The predicted octanol–water partition coefficient (Wildman–Crippen LogP) is 4.76. The molecule has 2 aromatic rings. The summed E-state index contributed by atoms with van der Waals surface area (Å²) in [6, 6.07) is 6.74. The lowest BCUT2D eigenvalue weighted by Crippen LogP contribution is -2.10. The first-order valence-corrected chi connectivity index (χ1v) is 6.21. The van der Waals surface area contributed by atoms with Gasteiger partial charge in [-0.1, -0.05) is 34.1 Å². The molecule has 20 heavy (non-hydrogen) atoms. The van der Waals surface area contributed by atoms with Crippen molar-refractivity contribution in [2.45, 2.75) is 6.54 Å². The van der Waals surface area contributed by atoms with Crippen LogP contribution in [0, 0.1) is 29.1 Å². The van der Waals surface area contributed by atoms with Crippen LogP contribution in [0.3, 0.4) is 0 Å². The van der Waals surface area contributed by atoms with Crippen molar-refractivity contribution >= 4 is 21.6 Å². The van der Waals surface area contributed by atoms with E-state index < -0.39 is 34.8 Å². The highest BCUT2D eigenvalue weighted by Gasteiger charge is 2.25. The van der Waals surface area contributed by atoms with Crippen LogP contribution in [0.4, 0.5) is 27.6 Å². The van der Waals surface area contributed by atoms with Crippen molar-refractivity contribution in [3.63, 3.8) is 0 Å². The van der Waals surface area contributed by atoms with Crippen LogP contribution in [-0.2, 0) is 6.54 Å². The molecule has 0 unspecified atom stereocenters. The first-order valence-electron chi connectivity index (χ1n) is 5.42. The first-order chi connectivity index (χ1) is 9.43. The molecule has 2 rings (SSSR count). The molecule has 0 saturated heterocycles. The van der Waals surface area contributed by atoms with Gasteiger partial charge in [0.1, 0.15) is 5.69 Å². The number of nitrogens with one attached hydrogen (secondary N) is 1. The first kappa shape index (κ1) is 14.8. The van der Waals surface area contributed by atoms with Gasteiger partial charge in [-0.15, -0.1) is 0 Å². The molecule has 1 nitrogen and oxygen atoms in total. The monoisotopic (exact) mass is 351 g/mol. The van der Waals surface area contributed by atoms with E-state index in [-0.39, 0.29) is 6.54 Å². The van der Waals surface area contributed by atoms with Crippen LogP contribution in [0.5, 0.6) is 0 Å². The van der Waals surface area contributed by atoms with Gasteiger partial charge in [0.25, 0.3) is 0 Å². The lowest BCUT2D eigenvalue weighted by molar-refractivity contribution is 0.381. The third-order valence-corrected chi connectivity index (χ3v) is 3.40. The summed E-state index contributed by atoms with van der Waals surface area (Å²) < 4.78 is 66.3. The van der Waals surface area contributed by atoms with Gasteiger partial charge in [0.2, 0.25) is 5.82 Å². The van der Waals surface area contributed by atoms with Crippen molar-refractivity contribution in [2.75, 3.05) is 5.32 Å². The zero-order valence-corrected chi connectivity index (χ0v) is 11.4. The maximum absolute atomic E-state index is 13.4. The molecule has 0 amide bonds. The molecule has 0 radical (unpaired) electrons. The number of anilines is 1. The fraction of sp³-hybridized carbons (Fsp3) is 0.0769. The molecule has 0 bridgehead atoms. The molecule has 106 valence electrons. The minimum absolute atomic E-state index is 0.0974. The van der Waals surface area contributed by atoms with Gasteiger partial charge in [-0.2, -0.15) is 0 Å². The molecule has 0 aliphatic carbocycles. The third-order valence-electron chi connectivity index (χ3n) is 2.62. The maximum Gasteiger partial charge on any atom is 0.200 e. The summed E-state index contributed by atoms with van der Waals surface area (Å²) in [7, 11) is 0. The van der Waals surface area contributed by atoms with Gasteiger partial charge in [0.05, 0.1) is 0 Å². The van der Waals surface area contributed by atoms with Gasteiger partial charge in [-0.05, 0) is 11.6 Å². The van der Waals surface area contributed by atoms with Crippen molar-refractivity contribution in [3.8, 4) is 0 Å². The normalized spacial score (nSPS) is 10.7. The Kier molecular flexibility index (Phi) is 4.27. The largest absolute Gasteiger partial charge is 0.376 e. The second-order valence-corrected chi connectivity index (χ2v) is 4.74. The highest BCUT2D eigenvalue weighted by molar-refractivity contribution is 9.10. The summed E-state index contributed by atoms with van der Waals surface area (Å²) in [5.41, 5.74) is -0.436. The average Bonchev–Trinajstić information content (AvgIpc) is 2.45. The van der Waals surface area contributed by atoms with Gasteiger partial charge >= 0.3 is 0 Å². The van der Waals surface area contributed by atoms with E-state index in [0.717, 1.165) is 0 Å². The molecule has 0 aliphatic heterocycles. The van der Waals surface area contributed by atoms with Gasteiger partial charge in [0.15, 0.2) is 23.3 Å². The highest BCUT2D eigenvalue weighted by atomic mass is 79.9. The summed E-state index contributed by atoms with van der Waals surface area (Å²) in [6.45, 7) is -0.0974. The van der Waals surface area contributed by atoms with E-state index in [1.54, 1.807) is 24.3 Å².